The lowest BCUT2D eigenvalue weighted by Gasteiger charge is -2.20. The van der Waals surface area contributed by atoms with Crippen molar-refractivity contribution in [2.45, 2.75) is 57.0 Å². The third-order valence-electron chi connectivity index (χ3n) is 6.53. The summed E-state index contributed by atoms with van der Waals surface area (Å²) in [5, 5.41) is 14.2. The molecule has 13 heteroatoms. The second-order valence-corrected chi connectivity index (χ2v) is 9.36. The molecule has 0 bridgehead atoms. The van der Waals surface area contributed by atoms with Crippen LogP contribution in [0.2, 0.25) is 0 Å². The van der Waals surface area contributed by atoms with Crippen LogP contribution < -0.4 is 10.6 Å². The molecule has 2 aromatic heterocycles. The largest absolute Gasteiger partial charge is 0.481 e. The van der Waals surface area contributed by atoms with E-state index in [0.29, 0.717) is 37.2 Å². The number of hydrogen-bond acceptors (Lipinski definition) is 9. The molecule has 5 unspecified atom stereocenters. The molecule has 5 rings (SSSR count). The Balaban J connectivity index is 1.33. The van der Waals surface area contributed by atoms with Crippen LogP contribution in [-0.2, 0) is 23.7 Å². The van der Waals surface area contributed by atoms with Crippen LogP contribution in [-0.4, -0.2) is 81.0 Å². The van der Waals surface area contributed by atoms with E-state index in [4.69, 9.17) is 24.1 Å². The minimum Gasteiger partial charge on any atom is -0.481 e. The van der Waals surface area contributed by atoms with E-state index in [1.165, 1.54) is 6.33 Å². The minimum atomic E-state index is -0.823. The maximum absolute atomic E-state index is 12.1. The van der Waals surface area contributed by atoms with E-state index in [1.807, 2.05) is 49.4 Å². The van der Waals surface area contributed by atoms with Gasteiger partial charge in [-0.1, -0.05) is 36.4 Å². The molecular weight excluding hydrogens is 520 g/mol. The lowest BCUT2D eigenvalue weighted by Crippen LogP contribution is -2.32. The van der Waals surface area contributed by atoms with Crippen LogP contribution in [0.4, 0.5) is 10.6 Å². The molecule has 3 N–H and O–H groups in total. The highest BCUT2D eigenvalue weighted by atomic mass is 16.8. The summed E-state index contributed by atoms with van der Waals surface area (Å²) in [6.07, 6.45) is 5.41. The smallest absolute Gasteiger partial charge is 0.320 e. The molecular formula is C27H32N6O7. The van der Waals surface area contributed by atoms with E-state index in [0.717, 1.165) is 5.56 Å². The van der Waals surface area contributed by atoms with Crippen molar-refractivity contribution in [1.29, 1.82) is 0 Å². The Kier molecular flexibility index (Phi) is 8.96. The Labute approximate surface area is 230 Å². The number of anilines is 1. The molecule has 0 aliphatic carbocycles. The molecule has 2 aliphatic heterocycles. The molecule has 0 spiro atoms. The van der Waals surface area contributed by atoms with E-state index < -0.39 is 42.8 Å². The Morgan fingerprint density at radius 2 is 1.93 bits per heavy atom. The first kappa shape index (κ1) is 27.6. The van der Waals surface area contributed by atoms with Gasteiger partial charge in [0.1, 0.15) is 24.6 Å². The summed E-state index contributed by atoms with van der Waals surface area (Å²) in [5.41, 5.74) is 1.89. The van der Waals surface area contributed by atoms with Gasteiger partial charge in [-0.15, -0.1) is 0 Å². The molecule has 0 saturated carbocycles. The van der Waals surface area contributed by atoms with Gasteiger partial charge in [0.15, 0.2) is 29.5 Å². The molecule has 0 radical (unpaired) electrons. The summed E-state index contributed by atoms with van der Waals surface area (Å²) >= 11 is 0. The number of carbonyl (C=O) groups excluding carboxylic acids is 1. The van der Waals surface area contributed by atoms with Gasteiger partial charge in [0, 0.05) is 19.6 Å². The molecule has 4 heterocycles. The van der Waals surface area contributed by atoms with Crippen molar-refractivity contribution in [2.24, 2.45) is 0 Å². The van der Waals surface area contributed by atoms with E-state index in [9.17, 15) is 9.59 Å². The SMILES string of the molecule is CCNC(=O)Nc1ncnc2c1ncn2C1OC(COCCCCC(=O)O)C2OC(C=Cc3ccccc3)OC21. The van der Waals surface area contributed by atoms with E-state index in [1.54, 1.807) is 10.9 Å². The summed E-state index contributed by atoms with van der Waals surface area (Å²) in [6, 6.07) is 9.45. The summed E-state index contributed by atoms with van der Waals surface area (Å²) in [5.74, 6) is -0.547. The van der Waals surface area contributed by atoms with Crippen LogP contribution in [0.5, 0.6) is 0 Å². The van der Waals surface area contributed by atoms with Gasteiger partial charge in [0.05, 0.1) is 12.9 Å². The molecule has 2 amide bonds. The van der Waals surface area contributed by atoms with Crippen molar-refractivity contribution in [1.82, 2.24) is 24.8 Å². The van der Waals surface area contributed by atoms with E-state index in [2.05, 4.69) is 25.6 Å². The number of unbranched alkanes of at least 4 members (excludes halogenated alkanes) is 1. The van der Waals surface area contributed by atoms with Gasteiger partial charge < -0.3 is 29.4 Å². The van der Waals surface area contributed by atoms with Crippen LogP contribution in [0.1, 0.15) is 38.0 Å². The summed E-state index contributed by atoms with van der Waals surface area (Å²) in [7, 11) is 0. The number of fused-ring (bicyclic) bond motifs is 2. The molecule has 13 nitrogen and oxygen atoms in total. The molecule has 2 fully saturated rings. The average Bonchev–Trinajstić information content (AvgIpc) is 3.64. The van der Waals surface area contributed by atoms with Gasteiger partial charge in [-0.25, -0.2) is 19.7 Å². The highest BCUT2D eigenvalue weighted by Crippen LogP contribution is 2.41. The zero-order valence-electron chi connectivity index (χ0n) is 22.0. The number of nitrogens with zero attached hydrogens (tertiary/aromatic N) is 4. The highest BCUT2D eigenvalue weighted by Gasteiger charge is 2.53. The summed E-state index contributed by atoms with van der Waals surface area (Å²) in [6.45, 7) is 2.94. The number of carboxylic acids is 1. The quantitative estimate of drug-likeness (QED) is 0.285. The average molecular weight is 553 g/mol. The molecule has 5 atom stereocenters. The van der Waals surface area contributed by atoms with Crippen LogP contribution >= 0.6 is 0 Å². The maximum atomic E-state index is 12.1. The number of nitrogens with one attached hydrogen (secondary N) is 2. The minimum absolute atomic E-state index is 0.106. The van der Waals surface area contributed by atoms with Crippen LogP contribution in [0.15, 0.2) is 49.1 Å². The van der Waals surface area contributed by atoms with Crippen molar-refractivity contribution in [3.8, 4) is 0 Å². The lowest BCUT2D eigenvalue weighted by molar-refractivity contribution is -0.138. The monoisotopic (exact) mass is 552 g/mol. The molecule has 212 valence electrons. The third-order valence-corrected chi connectivity index (χ3v) is 6.53. The molecule has 2 saturated heterocycles. The third kappa shape index (κ3) is 6.45. The Morgan fingerprint density at radius 1 is 1.10 bits per heavy atom. The Morgan fingerprint density at radius 3 is 2.73 bits per heavy atom. The Bertz CT molecular complexity index is 1330. The summed E-state index contributed by atoms with van der Waals surface area (Å²) in [4.78, 5) is 35.8. The van der Waals surface area contributed by atoms with Crippen molar-refractivity contribution in [3.05, 3.63) is 54.6 Å². The fourth-order valence-electron chi connectivity index (χ4n) is 4.68. The number of amides is 2. The topological polar surface area (TPSA) is 159 Å². The van der Waals surface area contributed by atoms with Gasteiger partial charge in [-0.3, -0.25) is 14.7 Å². The fraction of sp³-hybridized carbons (Fsp3) is 0.444. The van der Waals surface area contributed by atoms with Crippen LogP contribution in [0, 0.1) is 0 Å². The molecule has 2 aliphatic rings. The van der Waals surface area contributed by atoms with Crippen molar-refractivity contribution in [2.75, 3.05) is 25.1 Å². The number of hydrogen-bond donors (Lipinski definition) is 3. The van der Waals surface area contributed by atoms with Crippen molar-refractivity contribution >= 4 is 35.1 Å². The van der Waals surface area contributed by atoms with Crippen molar-refractivity contribution < 1.29 is 33.6 Å². The molecule has 40 heavy (non-hydrogen) atoms. The number of ether oxygens (including phenoxy) is 4. The van der Waals surface area contributed by atoms with E-state index in [-0.39, 0.29) is 18.8 Å². The normalized spacial score (nSPS) is 24.0. The summed E-state index contributed by atoms with van der Waals surface area (Å²) < 4.78 is 26.5. The van der Waals surface area contributed by atoms with Crippen LogP contribution in [0.25, 0.3) is 17.2 Å². The van der Waals surface area contributed by atoms with Crippen molar-refractivity contribution in [3.63, 3.8) is 0 Å². The predicted octanol–water partition coefficient (Wildman–Crippen LogP) is 2.96. The van der Waals surface area contributed by atoms with E-state index >= 15 is 0 Å². The number of aliphatic carboxylic acids is 1. The zero-order valence-corrected chi connectivity index (χ0v) is 22.0. The highest BCUT2D eigenvalue weighted by molar-refractivity contribution is 5.95. The Hall–Kier alpha value is -3.91. The molecule has 1 aromatic carbocycles. The van der Waals surface area contributed by atoms with Gasteiger partial charge in [0.25, 0.3) is 0 Å². The first-order valence-corrected chi connectivity index (χ1v) is 13.2. The van der Waals surface area contributed by atoms with Gasteiger partial charge in [0.2, 0.25) is 0 Å². The standard InChI is InChI=1S/C27H32N6O7/c1-2-28-27(36)32-24-21-25(30-15-29-24)33(16-31-21)26-23-22(18(38-26)14-37-13-7-6-10-19(34)35)39-20(40-23)12-11-17-8-4-3-5-9-17/h3-5,8-9,11-12,15-16,18,20,22-23,26H,2,6-7,10,13-14H2,1H3,(H,34,35)(H2,28,29,30,32,36). The number of aromatic nitrogens is 4. The fourth-order valence-corrected chi connectivity index (χ4v) is 4.68. The number of imidazole rings is 1. The zero-order chi connectivity index (χ0) is 27.9. The number of urea groups is 1. The first-order chi connectivity index (χ1) is 19.5. The van der Waals surface area contributed by atoms with Gasteiger partial charge in [-0.2, -0.15) is 0 Å². The van der Waals surface area contributed by atoms with Gasteiger partial charge in [-0.05, 0) is 31.4 Å². The molecule has 3 aromatic rings. The number of carbonyl (C=O) groups is 2. The number of carboxylic acid groups (broad SMARTS) is 1. The predicted molar refractivity (Wildman–Crippen MR) is 143 cm³/mol. The maximum Gasteiger partial charge on any atom is 0.320 e. The van der Waals surface area contributed by atoms with Crippen LogP contribution in [0.3, 0.4) is 0 Å². The van der Waals surface area contributed by atoms with Gasteiger partial charge >= 0.3 is 12.0 Å². The second kappa shape index (κ2) is 13.0. The number of rotatable bonds is 12. The first-order valence-electron chi connectivity index (χ1n) is 13.2. The lowest BCUT2D eigenvalue weighted by atomic mass is 10.1. The second-order valence-electron chi connectivity index (χ2n) is 9.36. The number of benzene rings is 1.